The second-order valence-electron chi connectivity index (χ2n) is 8.54. The van der Waals surface area contributed by atoms with E-state index in [2.05, 4.69) is 17.2 Å². The Morgan fingerprint density at radius 3 is 2.42 bits per heavy atom. The second-order valence-corrected chi connectivity index (χ2v) is 8.54. The van der Waals surface area contributed by atoms with Crippen LogP contribution >= 0.6 is 0 Å². The molecule has 4 aromatic rings. The molecule has 0 aliphatic rings. The Morgan fingerprint density at radius 2 is 1.75 bits per heavy atom. The van der Waals surface area contributed by atoms with Gasteiger partial charge >= 0.3 is 5.97 Å². The number of H-pyrrole nitrogens is 1. The minimum absolute atomic E-state index is 0.0547. The molecule has 0 unspecified atom stereocenters. The lowest BCUT2D eigenvalue weighted by molar-refractivity contribution is 0.0600. The van der Waals surface area contributed by atoms with Gasteiger partial charge in [0.15, 0.2) is 5.88 Å². The van der Waals surface area contributed by atoms with Crippen molar-refractivity contribution < 1.29 is 19.4 Å². The normalized spacial score (nSPS) is 11.5. The van der Waals surface area contributed by atoms with Crippen molar-refractivity contribution in [3.63, 3.8) is 0 Å². The predicted octanol–water partition coefficient (Wildman–Crippen LogP) is 5.67. The highest BCUT2D eigenvalue weighted by molar-refractivity contribution is 6.22. The number of hydrogen-bond acceptors (Lipinski definition) is 5. The maximum Gasteiger partial charge on any atom is 0.338 e. The standard InChI is InChI=1S/C29H29N3O4/c1-4-5-15-30-27(33)20-11-13-21(14-12-20)31-26(19-9-7-6-8-10-19)25-23-16-18(2)22(29(35)36-3)17-24(23)32-28(25)34/h6-14,16-17,32,34H,4-5,15H2,1-3H3,(H,30,33). The molecule has 4 rings (SSSR count). The number of nitrogens with one attached hydrogen (secondary N) is 2. The topological polar surface area (TPSA) is 104 Å². The number of nitrogens with zero attached hydrogens (tertiary/aromatic N) is 1. The lowest BCUT2D eigenvalue weighted by Gasteiger charge is -2.09. The molecule has 184 valence electrons. The van der Waals surface area contributed by atoms with Crippen LogP contribution in [0.1, 0.15) is 57.2 Å². The Labute approximate surface area is 209 Å². The number of hydrogen-bond donors (Lipinski definition) is 3. The van der Waals surface area contributed by atoms with E-state index in [1.54, 1.807) is 30.3 Å². The monoisotopic (exact) mass is 483 g/mol. The summed E-state index contributed by atoms with van der Waals surface area (Å²) < 4.78 is 4.89. The molecule has 0 bridgehead atoms. The number of methoxy groups -OCH3 is 1. The van der Waals surface area contributed by atoms with Crippen LogP contribution in [0, 0.1) is 6.92 Å². The third kappa shape index (κ3) is 5.15. The number of aromatic amines is 1. The smallest absolute Gasteiger partial charge is 0.338 e. The van der Waals surface area contributed by atoms with Crippen LogP contribution in [0.2, 0.25) is 0 Å². The molecule has 0 atom stereocenters. The molecule has 3 N–H and O–H groups in total. The zero-order valence-corrected chi connectivity index (χ0v) is 20.6. The Morgan fingerprint density at radius 1 is 1.03 bits per heavy atom. The molecule has 7 heteroatoms. The van der Waals surface area contributed by atoms with Gasteiger partial charge in [-0.05, 0) is 55.3 Å². The number of carbonyl (C=O) groups is 2. The first-order valence-corrected chi connectivity index (χ1v) is 11.9. The Kier molecular flexibility index (Phi) is 7.49. The molecule has 3 aromatic carbocycles. The first kappa shape index (κ1) is 24.7. The van der Waals surface area contributed by atoms with Crippen LogP contribution in [-0.4, -0.2) is 41.3 Å². The Bertz CT molecular complexity index is 1420. The van der Waals surface area contributed by atoms with Crippen molar-refractivity contribution in [3.05, 3.63) is 94.5 Å². The SMILES string of the molecule is CCCCNC(=O)c1ccc(N=C(c2ccccc2)c2c(O)[nH]c3cc(C(=O)OC)c(C)cc23)cc1. The van der Waals surface area contributed by atoms with Gasteiger partial charge in [0, 0.05) is 28.6 Å². The van der Waals surface area contributed by atoms with E-state index >= 15 is 0 Å². The summed E-state index contributed by atoms with van der Waals surface area (Å²) in [5.74, 6) is -0.616. The van der Waals surface area contributed by atoms with Crippen molar-refractivity contribution in [2.75, 3.05) is 13.7 Å². The molecule has 0 spiro atoms. The van der Waals surface area contributed by atoms with Gasteiger partial charge in [-0.25, -0.2) is 9.79 Å². The molecule has 7 nitrogen and oxygen atoms in total. The molecule has 1 aromatic heterocycles. The van der Waals surface area contributed by atoms with Gasteiger partial charge in [0.2, 0.25) is 0 Å². The van der Waals surface area contributed by atoms with E-state index in [-0.39, 0.29) is 11.8 Å². The van der Waals surface area contributed by atoms with Gasteiger partial charge in [-0.2, -0.15) is 0 Å². The molecular weight excluding hydrogens is 454 g/mol. The lowest BCUT2D eigenvalue weighted by atomic mass is 9.98. The van der Waals surface area contributed by atoms with Gasteiger partial charge in [-0.1, -0.05) is 43.7 Å². The van der Waals surface area contributed by atoms with E-state index in [9.17, 15) is 14.7 Å². The number of carbonyl (C=O) groups excluding carboxylic acids is 2. The van der Waals surface area contributed by atoms with Gasteiger partial charge in [0.05, 0.1) is 29.6 Å². The number of amides is 1. The third-order valence-corrected chi connectivity index (χ3v) is 6.00. The van der Waals surface area contributed by atoms with Crippen molar-refractivity contribution in [2.24, 2.45) is 4.99 Å². The summed E-state index contributed by atoms with van der Waals surface area (Å²) >= 11 is 0. The fourth-order valence-electron chi connectivity index (χ4n) is 4.06. The van der Waals surface area contributed by atoms with Crippen molar-refractivity contribution in [1.29, 1.82) is 0 Å². The van der Waals surface area contributed by atoms with Crippen molar-refractivity contribution in [3.8, 4) is 5.88 Å². The van der Waals surface area contributed by atoms with Crippen LogP contribution in [0.3, 0.4) is 0 Å². The van der Waals surface area contributed by atoms with Gasteiger partial charge in [0.1, 0.15) is 0 Å². The zero-order valence-electron chi connectivity index (χ0n) is 20.6. The summed E-state index contributed by atoms with van der Waals surface area (Å²) in [7, 11) is 1.34. The summed E-state index contributed by atoms with van der Waals surface area (Å²) in [5.41, 5.74) is 4.83. The maximum atomic E-state index is 12.4. The highest BCUT2D eigenvalue weighted by Gasteiger charge is 2.21. The second kappa shape index (κ2) is 10.9. The van der Waals surface area contributed by atoms with E-state index in [1.165, 1.54) is 7.11 Å². The number of aromatic nitrogens is 1. The third-order valence-electron chi connectivity index (χ3n) is 6.00. The first-order valence-electron chi connectivity index (χ1n) is 11.9. The average molecular weight is 484 g/mol. The summed E-state index contributed by atoms with van der Waals surface area (Å²) in [4.78, 5) is 32.4. The molecule has 0 saturated heterocycles. The van der Waals surface area contributed by atoms with E-state index in [0.29, 0.717) is 40.2 Å². The van der Waals surface area contributed by atoms with Gasteiger partial charge in [-0.15, -0.1) is 0 Å². The zero-order chi connectivity index (χ0) is 25.7. The minimum Gasteiger partial charge on any atom is -0.494 e. The van der Waals surface area contributed by atoms with Crippen LogP contribution < -0.4 is 5.32 Å². The van der Waals surface area contributed by atoms with Crippen molar-refractivity contribution >= 4 is 34.2 Å². The number of aliphatic imine (C=N–C) groups is 1. The number of benzene rings is 3. The number of aromatic hydroxyl groups is 1. The number of unbranched alkanes of at least 4 members (excludes halogenated alkanes) is 1. The quantitative estimate of drug-likeness (QED) is 0.171. The summed E-state index contributed by atoms with van der Waals surface area (Å²) in [6.45, 7) is 4.54. The van der Waals surface area contributed by atoms with Crippen LogP contribution in [-0.2, 0) is 4.74 Å². The van der Waals surface area contributed by atoms with Crippen LogP contribution in [0.5, 0.6) is 5.88 Å². The van der Waals surface area contributed by atoms with Crippen molar-refractivity contribution in [1.82, 2.24) is 10.3 Å². The highest BCUT2D eigenvalue weighted by atomic mass is 16.5. The average Bonchev–Trinajstić information content (AvgIpc) is 3.21. The lowest BCUT2D eigenvalue weighted by Crippen LogP contribution is -2.24. The first-order chi connectivity index (χ1) is 17.4. The predicted molar refractivity (Wildman–Crippen MR) is 141 cm³/mol. The molecular formula is C29H29N3O4. The molecule has 36 heavy (non-hydrogen) atoms. The number of fused-ring (bicyclic) bond motifs is 1. The van der Waals surface area contributed by atoms with E-state index in [4.69, 9.17) is 9.73 Å². The van der Waals surface area contributed by atoms with Gasteiger partial charge < -0.3 is 20.1 Å². The van der Waals surface area contributed by atoms with E-state index < -0.39 is 5.97 Å². The molecule has 0 radical (unpaired) electrons. The molecule has 0 aliphatic carbocycles. The van der Waals surface area contributed by atoms with Crippen molar-refractivity contribution in [2.45, 2.75) is 26.7 Å². The molecule has 1 heterocycles. The van der Waals surface area contributed by atoms with Crippen LogP contribution in [0.15, 0.2) is 71.7 Å². The minimum atomic E-state index is -0.444. The highest BCUT2D eigenvalue weighted by Crippen LogP contribution is 2.33. The number of rotatable bonds is 8. The van der Waals surface area contributed by atoms with E-state index in [1.807, 2.05) is 43.3 Å². The molecule has 1 amide bonds. The van der Waals surface area contributed by atoms with Crippen LogP contribution in [0.4, 0.5) is 5.69 Å². The fraction of sp³-hybridized carbons (Fsp3) is 0.207. The summed E-state index contributed by atoms with van der Waals surface area (Å²) in [5, 5.41) is 14.6. The largest absolute Gasteiger partial charge is 0.494 e. The Hall–Kier alpha value is -4.39. The fourth-order valence-corrected chi connectivity index (χ4v) is 4.06. The summed E-state index contributed by atoms with van der Waals surface area (Å²) in [6, 6.07) is 20.1. The molecule has 0 fully saturated rings. The van der Waals surface area contributed by atoms with Gasteiger partial charge in [-0.3, -0.25) is 4.79 Å². The maximum absolute atomic E-state index is 12.4. The Balaban J connectivity index is 1.79. The molecule has 0 aliphatic heterocycles. The number of ether oxygens (including phenoxy) is 1. The number of aryl methyl sites for hydroxylation is 1. The van der Waals surface area contributed by atoms with Crippen LogP contribution in [0.25, 0.3) is 10.9 Å². The summed E-state index contributed by atoms with van der Waals surface area (Å²) in [6.07, 6.45) is 1.95. The molecule has 0 saturated carbocycles. The number of esters is 1. The van der Waals surface area contributed by atoms with E-state index in [0.717, 1.165) is 29.4 Å². The van der Waals surface area contributed by atoms with Gasteiger partial charge in [0.25, 0.3) is 5.91 Å².